The molecule has 1 saturated heterocycles. The molecule has 2 rings (SSSR count). The lowest BCUT2D eigenvalue weighted by atomic mass is 10.0. The Bertz CT molecular complexity index is 243. The van der Waals surface area contributed by atoms with Gasteiger partial charge < -0.3 is 10.5 Å². The molecule has 0 amide bonds. The molecule has 2 heteroatoms. The van der Waals surface area contributed by atoms with Crippen molar-refractivity contribution in [2.75, 3.05) is 6.61 Å². The maximum atomic E-state index is 5.89. The first-order valence-corrected chi connectivity index (χ1v) is 4.27. The van der Waals surface area contributed by atoms with Crippen molar-refractivity contribution in [2.24, 2.45) is 5.73 Å². The van der Waals surface area contributed by atoms with Crippen LogP contribution >= 0.6 is 0 Å². The highest BCUT2D eigenvalue weighted by Crippen LogP contribution is 2.15. The molecule has 1 fully saturated rings. The van der Waals surface area contributed by atoms with Crippen LogP contribution in [0.1, 0.15) is 5.56 Å². The van der Waals surface area contributed by atoms with Crippen LogP contribution in [0.4, 0.5) is 0 Å². The Morgan fingerprint density at radius 3 is 2.67 bits per heavy atom. The van der Waals surface area contributed by atoms with Crippen molar-refractivity contribution in [3.63, 3.8) is 0 Å². The highest BCUT2D eigenvalue weighted by atomic mass is 16.6. The van der Waals surface area contributed by atoms with Crippen LogP contribution in [0.3, 0.4) is 0 Å². The van der Waals surface area contributed by atoms with Gasteiger partial charge in [-0.25, -0.2) is 0 Å². The molecule has 1 aromatic carbocycles. The summed E-state index contributed by atoms with van der Waals surface area (Å²) in [5, 5.41) is 0. The van der Waals surface area contributed by atoms with Crippen LogP contribution in [0.2, 0.25) is 0 Å². The van der Waals surface area contributed by atoms with E-state index in [1.54, 1.807) is 0 Å². The van der Waals surface area contributed by atoms with Crippen molar-refractivity contribution in [1.82, 2.24) is 0 Å². The van der Waals surface area contributed by atoms with Gasteiger partial charge in [0.25, 0.3) is 0 Å². The number of benzene rings is 1. The first-order chi connectivity index (χ1) is 5.86. The van der Waals surface area contributed by atoms with Gasteiger partial charge in [-0.2, -0.15) is 0 Å². The molecule has 1 aromatic rings. The molecule has 0 aliphatic carbocycles. The number of nitrogens with two attached hydrogens (primary N) is 1. The fourth-order valence-electron chi connectivity index (χ4n) is 1.32. The highest BCUT2D eigenvalue weighted by molar-refractivity contribution is 5.16. The van der Waals surface area contributed by atoms with E-state index >= 15 is 0 Å². The minimum absolute atomic E-state index is 0.174. The lowest BCUT2D eigenvalue weighted by molar-refractivity contribution is 0.371. The molecule has 2 nitrogen and oxygen atoms in total. The van der Waals surface area contributed by atoms with E-state index in [2.05, 4.69) is 12.1 Å². The second-order valence-corrected chi connectivity index (χ2v) is 3.23. The zero-order chi connectivity index (χ0) is 8.39. The first-order valence-electron chi connectivity index (χ1n) is 4.27. The van der Waals surface area contributed by atoms with Crippen molar-refractivity contribution < 1.29 is 4.74 Å². The van der Waals surface area contributed by atoms with Gasteiger partial charge in [-0.1, -0.05) is 30.3 Å². The number of rotatable bonds is 3. The summed E-state index contributed by atoms with van der Waals surface area (Å²) in [6.45, 7) is 0.841. The van der Waals surface area contributed by atoms with E-state index in [9.17, 15) is 0 Å². The minimum Gasteiger partial charge on any atom is -0.371 e. The zero-order valence-electron chi connectivity index (χ0n) is 6.94. The molecular formula is C10H13NO. The topological polar surface area (TPSA) is 38.5 Å². The van der Waals surface area contributed by atoms with Gasteiger partial charge in [-0.3, -0.25) is 0 Å². The van der Waals surface area contributed by atoms with Crippen molar-refractivity contribution >= 4 is 0 Å². The minimum atomic E-state index is 0.174. The van der Waals surface area contributed by atoms with E-state index in [0.717, 1.165) is 13.0 Å². The fourth-order valence-corrected chi connectivity index (χ4v) is 1.32. The highest BCUT2D eigenvalue weighted by Gasteiger charge is 2.29. The molecule has 0 radical (unpaired) electrons. The third-order valence-electron chi connectivity index (χ3n) is 2.15. The van der Waals surface area contributed by atoms with Crippen LogP contribution in [-0.2, 0) is 11.2 Å². The van der Waals surface area contributed by atoms with Gasteiger partial charge >= 0.3 is 0 Å². The summed E-state index contributed by atoms with van der Waals surface area (Å²) in [5.74, 6) is 0. The third-order valence-corrected chi connectivity index (χ3v) is 2.15. The number of ether oxygens (including phenoxy) is 1. The Labute approximate surface area is 72.3 Å². The monoisotopic (exact) mass is 163 g/mol. The van der Waals surface area contributed by atoms with Crippen LogP contribution in [-0.4, -0.2) is 18.8 Å². The van der Waals surface area contributed by atoms with Gasteiger partial charge in [0.15, 0.2) is 0 Å². The molecule has 2 atom stereocenters. The van der Waals surface area contributed by atoms with E-state index in [1.807, 2.05) is 18.2 Å². The molecular weight excluding hydrogens is 150 g/mol. The molecule has 0 saturated carbocycles. The molecule has 12 heavy (non-hydrogen) atoms. The summed E-state index contributed by atoms with van der Waals surface area (Å²) >= 11 is 0. The van der Waals surface area contributed by atoms with Crippen molar-refractivity contribution in [2.45, 2.75) is 18.6 Å². The van der Waals surface area contributed by atoms with Crippen LogP contribution in [0.15, 0.2) is 30.3 Å². The Morgan fingerprint density at radius 2 is 2.08 bits per heavy atom. The summed E-state index contributed by atoms with van der Waals surface area (Å²) < 4.78 is 5.12. The van der Waals surface area contributed by atoms with Crippen LogP contribution < -0.4 is 5.73 Å². The second kappa shape index (κ2) is 3.25. The first kappa shape index (κ1) is 7.77. The van der Waals surface area contributed by atoms with Crippen molar-refractivity contribution in [1.29, 1.82) is 0 Å². The lowest BCUT2D eigenvalue weighted by Crippen LogP contribution is -2.28. The maximum Gasteiger partial charge on any atom is 0.0963 e. The maximum absolute atomic E-state index is 5.89. The summed E-state index contributed by atoms with van der Waals surface area (Å²) in [7, 11) is 0. The van der Waals surface area contributed by atoms with Gasteiger partial charge in [0.2, 0.25) is 0 Å². The van der Waals surface area contributed by atoms with E-state index in [1.165, 1.54) is 5.56 Å². The molecule has 64 valence electrons. The number of epoxide rings is 1. The molecule has 2 unspecified atom stereocenters. The zero-order valence-corrected chi connectivity index (χ0v) is 6.94. The predicted molar refractivity (Wildman–Crippen MR) is 47.9 cm³/mol. The van der Waals surface area contributed by atoms with Crippen molar-refractivity contribution in [3.8, 4) is 0 Å². The Kier molecular flexibility index (Phi) is 2.11. The van der Waals surface area contributed by atoms with E-state index in [-0.39, 0.29) is 6.04 Å². The summed E-state index contributed by atoms with van der Waals surface area (Å²) in [6, 6.07) is 10.5. The van der Waals surface area contributed by atoms with Crippen molar-refractivity contribution in [3.05, 3.63) is 35.9 Å². The lowest BCUT2D eigenvalue weighted by Gasteiger charge is -2.07. The largest absolute Gasteiger partial charge is 0.371 e. The molecule has 0 bridgehead atoms. The molecule has 1 aliphatic heterocycles. The Morgan fingerprint density at radius 1 is 1.42 bits per heavy atom. The Balaban J connectivity index is 1.94. The molecule has 0 aromatic heterocycles. The molecule has 1 heterocycles. The standard InChI is InChI=1S/C10H13NO/c11-9(10-7-12-10)6-8-4-2-1-3-5-8/h1-5,9-10H,6-7,11H2. The van der Waals surface area contributed by atoms with Gasteiger partial charge in [-0.05, 0) is 12.0 Å². The molecule has 0 spiro atoms. The normalized spacial score (nSPS) is 23.6. The number of hydrogen-bond acceptors (Lipinski definition) is 2. The fraction of sp³-hybridized carbons (Fsp3) is 0.400. The molecule has 2 N–H and O–H groups in total. The van der Waals surface area contributed by atoms with E-state index < -0.39 is 0 Å². The third kappa shape index (κ3) is 1.84. The smallest absolute Gasteiger partial charge is 0.0963 e. The molecule has 1 aliphatic rings. The quantitative estimate of drug-likeness (QED) is 0.674. The van der Waals surface area contributed by atoms with E-state index in [0.29, 0.717) is 6.10 Å². The second-order valence-electron chi connectivity index (χ2n) is 3.23. The van der Waals surface area contributed by atoms with Crippen LogP contribution in [0.25, 0.3) is 0 Å². The van der Waals surface area contributed by atoms with Gasteiger partial charge in [0.05, 0.1) is 12.7 Å². The predicted octanol–water partition coefficient (Wildman–Crippen LogP) is 0.955. The average molecular weight is 163 g/mol. The van der Waals surface area contributed by atoms with Gasteiger partial charge in [0.1, 0.15) is 0 Å². The summed E-state index contributed by atoms with van der Waals surface area (Å²) in [5.41, 5.74) is 7.18. The van der Waals surface area contributed by atoms with E-state index in [4.69, 9.17) is 10.5 Å². The SMILES string of the molecule is NC(Cc1ccccc1)C1CO1. The van der Waals surface area contributed by atoms with Crippen LogP contribution in [0.5, 0.6) is 0 Å². The van der Waals surface area contributed by atoms with Gasteiger partial charge in [0, 0.05) is 6.04 Å². The van der Waals surface area contributed by atoms with Crippen LogP contribution in [0, 0.1) is 0 Å². The number of hydrogen-bond donors (Lipinski definition) is 1. The Hall–Kier alpha value is -0.860. The summed E-state index contributed by atoms with van der Waals surface area (Å²) in [4.78, 5) is 0. The summed E-state index contributed by atoms with van der Waals surface area (Å²) in [6.07, 6.45) is 1.23. The van der Waals surface area contributed by atoms with Gasteiger partial charge in [-0.15, -0.1) is 0 Å². The average Bonchev–Trinajstić information content (AvgIpc) is 2.88.